The van der Waals surface area contributed by atoms with Gasteiger partial charge < -0.3 is 14.2 Å². The number of rotatable bonds is 8. The first kappa shape index (κ1) is 15.3. The molecule has 0 bridgehead atoms. The molecule has 0 aliphatic rings. The molecule has 0 unspecified atom stereocenters. The third-order valence-electron chi connectivity index (χ3n) is 2.81. The molecule has 0 saturated heterocycles. The van der Waals surface area contributed by atoms with E-state index < -0.39 is 0 Å². The number of benzene rings is 1. The molecular weight excluding hydrogens is 244 g/mol. The van der Waals surface area contributed by atoms with Gasteiger partial charge in [0, 0.05) is 0 Å². The minimum Gasteiger partial charge on any atom is -0.493 e. The van der Waals surface area contributed by atoms with Gasteiger partial charge in [-0.05, 0) is 24.1 Å². The lowest BCUT2D eigenvalue weighted by Crippen LogP contribution is -2.09. The largest absolute Gasteiger partial charge is 0.493 e. The predicted octanol–water partition coefficient (Wildman–Crippen LogP) is 2.98. The second kappa shape index (κ2) is 8.40. The van der Waals surface area contributed by atoms with Crippen LogP contribution in [0.5, 0.6) is 11.5 Å². The summed E-state index contributed by atoms with van der Waals surface area (Å²) in [5, 5.41) is 0. The highest BCUT2D eigenvalue weighted by atomic mass is 16.5. The number of carbonyl (C=O) groups is 1. The molecule has 1 aromatic rings. The molecule has 0 aliphatic heterocycles. The van der Waals surface area contributed by atoms with Crippen molar-refractivity contribution in [3.05, 3.63) is 23.8 Å². The van der Waals surface area contributed by atoms with Gasteiger partial charge in [0.15, 0.2) is 11.5 Å². The van der Waals surface area contributed by atoms with E-state index in [9.17, 15) is 4.79 Å². The number of unbranched alkanes of at least 4 members (excludes halogenated alkanes) is 2. The molecule has 0 saturated carbocycles. The average Bonchev–Trinajstić information content (AvgIpc) is 2.43. The molecule has 19 heavy (non-hydrogen) atoms. The molecule has 0 aliphatic carbocycles. The molecule has 0 aromatic heterocycles. The van der Waals surface area contributed by atoms with E-state index in [1.165, 1.54) is 0 Å². The van der Waals surface area contributed by atoms with Crippen molar-refractivity contribution >= 4 is 5.97 Å². The number of hydrogen-bond acceptors (Lipinski definition) is 4. The van der Waals surface area contributed by atoms with Crippen LogP contribution in [0.4, 0.5) is 0 Å². The van der Waals surface area contributed by atoms with E-state index in [4.69, 9.17) is 14.2 Å². The summed E-state index contributed by atoms with van der Waals surface area (Å²) in [6.45, 7) is 2.62. The topological polar surface area (TPSA) is 44.8 Å². The highest BCUT2D eigenvalue weighted by molar-refractivity contribution is 5.72. The van der Waals surface area contributed by atoms with Crippen LogP contribution >= 0.6 is 0 Å². The van der Waals surface area contributed by atoms with Crippen LogP contribution in [0.2, 0.25) is 0 Å². The minimum absolute atomic E-state index is 0.205. The van der Waals surface area contributed by atoms with E-state index in [1.807, 2.05) is 6.07 Å². The zero-order valence-electron chi connectivity index (χ0n) is 11.9. The summed E-state index contributed by atoms with van der Waals surface area (Å²) in [7, 11) is 3.16. The molecule has 0 fully saturated rings. The van der Waals surface area contributed by atoms with E-state index in [1.54, 1.807) is 26.4 Å². The summed E-state index contributed by atoms with van der Waals surface area (Å²) in [4.78, 5) is 11.6. The maximum Gasteiger partial charge on any atom is 0.310 e. The van der Waals surface area contributed by atoms with Gasteiger partial charge in [-0.25, -0.2) is 0 Å². The Morgan fingerprint density at radius 1 is 1.11 bits per heavy atom. The third kappa shape index (κ3) is 5.20. The number of methoxy groups -OCH3 is 2. The normalized spacial score (nSPS) is 10.1. The summed E-state index contributed by atoms with van der Waals surface area (Å²) in [6.07, 6.45) is 3.39. The number of esters is 1. The molecule has 106 valence electrons. The lowest BCUT2D eigenvalue weighted by atomic mass is 10.1. The van der Waals surface area contributed by atoms with Crippen molar-refractivity contribution in [2.45, 2.75) is 32.6 Å². The quantitative estimate of drug-likeness (QED) is 0.536. The first-order valence-corrected chi connectivity index (χ1v) is 6.57. The average molecular weight is 266 g/mol. The van der Waals surface area contributed by atoms with Gasteiger partial charge in [0.2, 0.25) is 0 Å². The lowest BCUT2D eigenvalue weighted by molar-refractivity contribution is -0.142. The van der Waals surface area contributed by atoms with Gasteiger partial charge >= 0.3 is 5.97 Å². The fourth-order valence-electron chi connectivity index (χ4n) is 1.75. The monoisotopic (exact) mass is 266 g/mol. The number of ether oxygens (including phenoxy) is 3. The summed E-state index contributed by atoms with van der Waals surface area (Å²) in [5.74, 6) is 1.07. The van der Waals surface area contributed by atoms with Gasteiger partial charge in [-0.3, -0.25) is 4.79 Å². The molecule has 4 nitrogen and oxygen atoms in total. The van der Waals surface area contributed by atoms with Gasteiger partial charge in [0.05, 0.1) is 27.2 Å². The Kier molecular flexibility index (Phi) is 6.79. The van der Waals surface area contributed by atoms with Crippen LogP contribution < -0.4 is 9.47 Å². The van der Waals surface area contributed by atoms with Gasteiger partial charge in [-0.2, -0.15) is 0 Å². The van der Waals surface area contributed by atoms with E-state index in [2.05, 4.69) is 6.92 Å². The van der Waals surface area contributed by atoms with E-state index >= 15 is 0 Å². The summed E-state index contributed by atoms with van der Waals surface area (Å²) >= 11 is 0. The lowest BCUT2D eigenvalue weighted by Gasteiger charge is -2.09. The van der Waals surface area contributed by atoms with Crippen LogP contribution in [0.15, 0.2) is 18.2 Å². The molecule has 0 N–H and O–H groups in total. The zero-order valence-corrected chi connectivity index (χ0v) is 11.9. The van der Waals surface area contributed by atoms with Crippen LogP contribution in [-0.2, 0) is 16.0 Å². The maximum absolute atomic E-state index is 11.6. The molecule has 0 atom stereocenters. The molecule has 1 rings (SSSR count). The van der Waals surface area contributed by atoms with Crippen molar-refractivity contribution < 1.29 is 19.0 Å². The number of hydrogen-bond donors (Lipinski definition) is 0. The summed E-state index contributed by atoms with van der Waals surface area (Å²) < 4.78 is 15.5. The first-order chi connectivity index (χ1) is 9.21. The second-order valence-corrected chi connectivity index (χ2v) is 4.29. The third-order valence-corrected chi connectivity index (χ3v) is 2.81. The van der Waals surface area contributed by atoms with Gasteiger partial charge in [-0.1, -0.05) is 25.8 Å². The Labute approximate surface area is 114 Å². The molecule has 0 amide bonds. The Bertz CT molecular complexity index is 401. The Morgan fingerprint density at radius 3 is 2.47 bits per heavy atom. The van der Waals surface area contributed by atoms with E-state index in [0.717, 1.165) is 24.8 Å². The van der Waals surface area contributed by atoms with Crippen LogP contribution in [-0.4, -0.2) is 26.8 Å². The van der Waals surface area contributed by atoms with Gasteiger partial charge in [0.25, 0.3) is 0 Å². The molecule has 0 heterocycles. The van der Waals surface area contributed by atoms with Crippen LogP contribution in [0, 0.1) is 0 Å². The van der Waals surface area contributed by atoms with Crippen LogP contribution in [0.25, 0.3) is 0 Å². The standard InChI is InChI=1S/C15H22O4/c1-4-5-6-9-19-15(16)11-12-7-8-13(17-2)14(10-12)18-3/h7-8,10H,4-6,9,11H2,1-3H3. The second-order valence-electron chi connectivity index (χ2n) is 4.29. The fraction of sp³-hybridized carbons (Fsp3) is 0.533. The minimum atomic E-state index is -0.205. The fourth-order valence-corrected chi connectivity index (χ4v) is 1.75. The van der Waals surface area contributed by atoms with E-state index in [0.29, 0.717) is 18.1 Å². The summed E-state index contributed by atoms with van der Waals surface area (Å²) in [5.41, 5.74) is 0.859. The molecule has 0 radical (unpaired) electrons. The Hall–Kier alpha value is -1.71. The molecule has 0 spiro atoms. The number of carbonyl (C=O) groups excluding carboxylic acids is 1. The van der Waals surface area contributed by atoms with Crippen molar-refractivity contribution in [1.29, 1.82) is 0 Å². The maximum atomic E-state index is 11.6. The van der Waals surface area contributed by atoms with Crippen molar-refractivity contribution in [2.75, 3.05) is 20.8 Å². The SMILES string of the molecule is CCCCCOC(=O)Cc1ccc(OC)c(OC)c1. The molecule has 4 heteroatoms. The highest BCUT2D eigenvalue weighted by Gasteiger charge is 2.09. The van der Waals surface area contributed by atoms with Crippen molar-refractivity contribution in [3.8, 4) is 11.5 Å². The Morgan fingerprint density at radius 2 is 1.84 bits per heavy atom. The zero-order chi connectivity index (χ0) is 14.1. The van der Waals surface area contributed by atoms with Crippen LogP contribution in [0.1, 0.15) is 31.7 Å². The van der Waals surface area contributed by atoms with Gasteiger partial charge in [0.1, 0.15) is 0 Å². The van der Waals surface area contributed by atoms with Gasteiger partial charge in [-0.15, -0.1) is 0 Å². The van der Waals surface area contributed by atoms with Crippen molar-refractivity contribution in [3.63, 3.8) is 0 Å². The Balaban J connectivity index is 2.50. The smallest absolute Gasteiger partial charge is 0.310 e. The van der Waals surface area contributed by atoms with Crippen molar-refractivity contribution in [1.82, 2.24) is 0 Å². The van der Waals surface area contributed by atoms with Crippen LogP contribution in [0.3, 0.4) is 0 Å². The molecule has 1 aromatic carbocycles. The predicted molar refractivity (Wildman–Crippen MR) is 73.7 cm³/mol. The first-order valence-electron chi connectivity index (χ1n) is 6.57. The highest BCUT2D eigenvalue weighted by Crippen LogP contribution is 2.27. The molecular formula is C15H22O4. The summed E-state index contributed by atoms with van der Waals surface area (Å²) in [6, 6.07) is 5.43. The van der Waals surface area contributed by atoms with E-state index in [-0.39, 0.29) is 12.4 Å². The van der Waals surface area contributed by atoms with Crippen molar-refractivity contribution in [2.24, 2.45) is 0 Å².